The second-order valence-corrected chi connectivity index (χ2v) is 5.38. The van der Waals surface area contributed by atoms with Crippen LogP contribution in [0.15, 0.2) is 46.9 Å². The molecule has 1 N–H and O–H groups in total. The van der Waals surface area contributed by atoms with Gasteiger partial charge in [0.1, 0.15) is 0 Å². The molecule has 0 aliphatic heterocycles. The lowest BCUT2D eigenvalue weighted by molar-refractivity contribution is -0.385. The second kappa shape index (κ2) is 7.04. The summed E-state index contributed by atoms with van der Waals surface area (Å²) < 4.78 is 6.17. The summed E-state index contributed by atoms with van der Waals surface area (Å²) in [7, 11) is 0. The fraction of sp³-hybridized carbons (Fsp3) is 0.133. The number of carbonyl (C=O) groups excluding carboxylic acids is 1. The molecular weight excluding hydrogens is 352 g/mol. The maximum Gasteiger partial charge on any atom is 0.310 e. The van der Waals surface area contributed by atoms with Gasteiger partial charge >= 0.3 is 5.69 Å². The Morgan fingerprint density at radius 1 is 1.32 bits per heavy atom. The molecule has 0 aliphatic carbocycles. The van der Waals surface area contributed by atoms with Crippen molar-refractivity contribution in [3.05, 3.63) is 62.6 Å². The number of benzene rings is 2. The molecule has 2 aromatic rings. The van der Waals surface area contributed by atoms with Gasteiger partial charge in [-0.05, 0) is 36.8 Å². The Morgan fingerprint density at radius 3 is 2.73 bits per heavy atom. The van der Waals surface area contributed by atoms with E-state index < -0.39 is 4.92 Å². The van der Waals surface area contributed by atoms with Crippen molar-refractivity contribution < 1.29 is 14.5 Å². The molecule has 0 saturated carbocycles. The minimum Gasteiger partial charge on any atom is -0.477 e. The number of nitrogens with one attached hydrogen (secondary N) is 1. The van der Waals surface area contributed by atoms with Crippen LogP contribution in [0, 0.1) is 17.0 Å². The largest absolute Gasteiger partial charge is 0.477 e. The first kappa shape index (κ1) is 16.0. The number of nitrogens with zero attached hydrogens (tertiary/aromatic N) is 1. The van der Waals surface area contributed by atoms with Crippen LogP contribution in [0.5, 0.6) is 5.75 Å². The summed E-state index contributed by atoms with van der Waals surface area (Å²) in [4.78, 5) is 22.1. The van der Waals surface area contributed by atoms with Gasteiger partial charge in [0, 0.05) is 16.2 Å². The molecule has 22 heavy (non-hydrogen) atoms. The van der Waals surface area contributed by atoms with Crippen LogP contribution in [0.1, 0.15) is 5.56 Å². The Labute approximate surface area is 135 Å². The average molecular weight is 365 g/mol. The predicted molar refractivity (Wildman–Crippen MR) is 86.1 cm³/mol. The number of hydrogen-bond donors (Lipinski definition) is 1. The highest BCUT2D eigenvalue weighted by atomic mass is 79.9. The van der Waals surface area contributed by atoms with Gasteiger partial charge in [-0.3, -0.25) is 14.9 Å². The Kier molecular flexibility index (Phi) is 5.11. The molecule has 0 aliphatic rings. The lowest BCUT2D eigenvalue weighted by Crippen LogP contribution is -2.20. The first-order valence-corrected chi connectivity index (χ1v) is 7.19. The summed E-state index contributed by atoms with van der Waals surface area (Å²) in [5, 5.41) is 13.5. The number of para-hydroxylation sites is 2. The molecule has 0 saturated heterocycles. The maximum atomic E-state index is 11.8. The quantitative estimate of drug-likeness (QED) is 0.647. The van der Waals surface area contributed by atoms with Gasteiger partial charge in [-0.15, -0.1) is 0 Å². The molecule has 114 valence electrons. The van der Waals surface area contributed by atoms with Crippen LogP contribution in [0.25, 0.3) is 0 Å². The molecule has 0 heterocycles. The monoisotopic (exact) mass is 364 g/mol. The lowest BCUT2D eigenvalue weighted by Gasteiger charge is -2.09. The molecule has 2 aromatic carbocycles. The van der Waals surface area contributed by atoms with E-state index in [1.54, 1.807) is 12.1 Å². The summed E-state index contributed by atoms with van der Waals surface area (Å²) in [5.41, 5.74) is 1.45. The summed E-state index contributed by atoms with van der Waals surface area (Å²) in [5.74, 6) is -0.325. The Bertz CT molecular complexity index is 718. The van der Waals surface area contributed by atoms with E-state index in [1.807, 2.05) is 19.1 Å². The Morgan fingerprint density at radius 2 is 2.05 bits per heavy atom. The second-order valence-electron chi connectivity index (χ2n) is 4.53. The third kappa shape index (κ3) is 4.05. The summed E-state index contributed by atoms with van der Waals surface area (Å²) >= 11 is 3.38. The fourth-order valence-electron chi connectivity index (χ4n) is 1.79. The van der Waals surface area contributed by atoms with Crippen molar-refractivity contribution in [3.63, 3.8) is 0 Å². The number of rotatable bonds is 5. The van der Waals surface area contributed by atoms with Crippen molar-refractivity contribution in [3.8, 4) is 5.75 Å². The van der Waals surface area contributed by atoms with E-state index in [-0.39, 0.29) is 24.0 Å². The van der Waals surface area contributed by atoms with Gasteiger partial charge in [0.2, 0.25) is 0 Å². The minimum atomic E-state index is -0.550. The molecule has 0 unspecified atom stereocenters. The number of carbonyl (C=O) groups is 1. The standard InChI is InChI=1S/C15H13BrN2O4/c1-10-8-11(6-7-12(10)16)17-15(19)9-22-14-5-3-2-4-13(14)18(20)21/h2-8H,9H2,1H3,(H,17,19). The summed E-state index contributed by atoms with van der Waals surface area (Å²) in [6.45, 7) is 1.60. The average Bonchev–Trinajstić information content (AvgIpc) is 2.49. The van der Waals surface area contributed by atoms with Gasteiger partial charge in [0.15, 0.2) is 12.4 Å². The van der Waals surface area contributed by atoms with E-state index >= 15 is 0 Å². The van der Waals surface area contributed by atoms with E-state index in [4.69, 9.17) is 4.74 Å². The summed E-state index contributed by atoms with van der Waals surface area (Å²) in [6.07, 6.45) is 0. The molecule has 0 bridgehead atoms. The van der Waals surface area contributed by atoms with E-state index in [9.17, 15) is 14.9 Å². The van der Waals surface area contributed by atoms with Crippen molar-refractivity contribution in [2.75, 3.05) is 11.9 Å². The van der Waals surface area contributed by atoms with Crippen molar-refractivity contribution in [2.24, 2.45) is 0 Å². The zero-order chi connectivity index (χ0) is 16.1. The molecule has 7 heteroatoms. The topological polar surface area (TPSA) is 81.5 Å². The molecular formula is C15H13BrN2O4. The zero-order valence-electron chi connectivity index (χ0n) is 11.7. The molecule has 0 radical (unpaired) electrons. The molecule has 0 aromatic heterocycles. The third-order valence-electron chi connectivity index (χ3n) is 2.86. The van der Waals surface area contributed by atoms with Crippen LogP contribution in [0.4, 0.5) is 11.4 Å². The number of ether oxygens (including phenoxy) is 1. The van der Waals surface area contributed by atoms with E-state index in [1.165, 1.54) is 18.2 Å². The number of nitro groups is 1. The zero-order valence-corrected chi connectivity index (χ0v) is 13.3. The van der Waals surface area contributed by atoms with Gasteiger partial charge < -0.3 is 10.1 Å². The molecule has 0 fully saturated rings. The van der Waals surface area contributed by atoms with Gasteiger partial charge in [-0.25, -0.2) is 0 Å². The minimum absolute atomic E-state index is 0.0645. The highest BCUT2D eigenvalue weighted by Crippen LogP contribution is 2.25. The fourth-order valence-corrected chi connectivity index (χ4v) is 2.04. The van der Waals surface area contributed by atoms with Gasteiger partial charge in [-0.2, -0.15) is 0 Å². The molecule has 0 spiro atoms. The van der Waals surface area contributed by atoms with E-state index in [0.717, 1.165) is 10.0 Å². The number of anilines is 1. The van der Waals surface area contributed by atoms with Crippen molar-refractivity contribution in [1.82, 2.24) is 0 Å². The normalized spacial score (nSPS) is 10.1. The smallest absolute Gasteiger partial charge is 0.310 e. The number of halogens is 1. The molecule has 0 atom stereocenters. The molecule has 2 rings (SSSR count). The van der Waals surface area contributed by atoms with Crippen LogP contribution >= 0.6 is 15.9 Å². The van der Waals surface area contributed by atoms with E-state index in [2.05, 4.69) is 21.2 Å². The van der Waals surface area contributed by atoms with E-state index in [0.29, 0.717) is 5.69 Å². The van der Waals surface area contributed by atoms with Gasteiger partial charge in [0.25, 0.3) is 5.91 Å². The Balaban J connectivity index is 1.98. The Hall–Kier alpha value is -2.41. The molecule has 1 amide bonds. The van der Waals surface area contributed by atoms with Crippen LogP contribution in [-0.4, -0.2) is 17.4 Å². The summed E-state index contributed by atoms with van der Waals surface area (Å²) in [6, 6.07) is 11.3. The predicted octanol–water partition coefficient (Wildman–Crippen LogP) is 3.68. The van der Waals surface area contributed by atoms with Crippen LogP contribution in [0.2, 0.25) is 0 Å². The highest BCUT2D eigenvalue weighted by Gasteiger charge is 2.15. The van der Waals surface area contributed by atoms with Gasteiger partial charge in [0.05, 0.1) is 4.92 Å². The van der Waals surface area contributed by atoms with Crippen LogP contribution in [-0.2, 0) is 4.79 Å². The SMILES string of the molecule is Cc1cc(NC(=O)COc2ccccc2[N+](=O)[O-])ccc1Br. The highest BCUT2D eigenvalue weighted by molar-refractivity contribution is 9.10. The third-order valence-corrected chi connectivity index (χ3v) is 3.75. The van der Waals surface area contributed by atoms with Crippen molar-refractivity contribution >= 4 is 33.2 Å². The first-order valence-electron chi connectivity index (χ1n) is 6.39. The van der Waals surface area contributed by atoms with Crippen LogP contribution < -0.4 is 10.1 Å². The number of aryl methyl sites for hydroxylation is 1. The number of hydrogen-bond acceptors (Lipinski definition) is 4. The first-order chi connectivity index (χ1) is 10.5. The number of nitro benzene ring substituents is 1. The van der Waals surface area contributed by atoms with Crippen molar-refractivity contribution in [1.29, 1.82) is 0 Å². The van der Waals surface area contributed by atoms with Gasteiger partial charge in [-0.1, -0.05) is 28.1 Å². The van der Waals surface area contributed by atoms with Crippen LogP contribution in [0.3, 0.4) is 0 Å². The number of amides is 1. The van der Waals surface area contributed by atoms with Crippen molar-refractivity contribution in [2.45, 2.75) is 6.92 Å². The molecule has 6 nitrogen and oxygen atoms in total. The lowest BCUT2D eigenvalue weighted by atomic mass is 10.2. The maximum absolute atomic E-state index is 11.8.